The fourth-order valence-electron chi connectivity index (χ4n) is 0.649. The van der Waals surface area contributed by atoms with Crippen LogP contribution in [-0.4, -0.2) is 4.98 Å². The Morgan fingerprint density at radius 2 is 1.92 bits per heavy atom. The predicted molar refractivity (Wildman–Crippen MR) is 59.0 cm³/mol. The van der Waals surface area contributed by atoms with Gasteiger partial charge in [0.1, 0.15) is 11.5 Å². The normalized spacial score (nSPS) is 10.8. The summed E-state index contributed by atoms with van der Waals surface area (Å²) in [5, 5.41) is 0. The van der Waals surface area contributed by atoms with Gasteiger partial charge in [-0.3, -0.25) is 0 Å². The molecule has 0 saturated carbocycles. The number of aromatic nitrogens is 1. The number of alkyl halides is 2. The molecule has 6 heteroatoms. The monoisotopic (exact) mass is 396 g/mol. The minimum Gasteiger partial charge on any atom is -0.383 e. The van der Waals surface area contributed by atoms with Crippen LogP contribution in [-0.2, 0) is 0 Å². The Labute approximate surface area is 95.2 Å². The van der Waals surface area contributed by atoms with Gasteiger partial charge in [-0.1, -0.05) is 0 Å². The highest BCUT2D eigenvalue weighted by Gasteiger charge is 2.15. The molecule has 12 heavy (non-hydrogen) atoms. The Kier molecular flexibility index (Phi) is 3.44. The van der Waals surface area contributed by atoms with E-state index in [0.29, 0.717) is 7.14 Å². The summed E-state index contributed by atoms with van der Waals surface area (Å²) in [5.74, 6) is 0.159. The first-order valence-electron chi connectivity index (χ1n) is 2.92. The summed E-state index contributed by atoms with van der Waals surface area (Å²) >= 11 is 3.77. The second-order valence-electron chi connectivity index (χ2n) is 2.02. The number of nitrogen functional groups attached to an aromatic ring is 1. The molecule has 1 aromatic rings. The molecule has 2 N–H and O–H groups in total. The highest BCUT2D eigenvalue weighted by Crippen LogP contribution is 2.26. The lowest BCUT2D eigenvalue weighted by atomic mass is 10.3. The van der Waals surface area contributed by atoms with Crippen molar-refractivity contribution >= 4 is 51.0 Å². The second-order valence-corrected chi connectivity index (χ2v) is 4.35. The molecular weight excluding hydrogens is 392 g/mol. The van der Waals surface area contributed by atoms with Crippen molar-refractivity contribution in [1.29, 1.82) is 0 Å². The summed E-state index contributed by atoms with van der Waals surface area (Å²) in [6.45, 7) is 0. The van der Waals surface area contributed by atoms with Crippen LogP contribution in [0.1, 0.15) is 12.1 Å². The maximum Gasteiger partial charge on any atom is 0.281 e. The molecule has 1 aromatic heterocycles. The first-order chi connectivity index (χ1) is 5.52. The van der Waals surface area contributed by atoms with E-state index in [4.69, 9.17) is 5.73 Å². The van der Waals surface area contributed by atoms with Crippen LogP contribution in [0.3, 0.4) is 0 Å². The first-order valence-corrected chi connectivity index (χ1v) is 5.07. The Morgan fingerprint density at radius 1 is 1.33 bits per heavy atom. The first kappa shape index (κ1) is 10.4. The van der Waals surface area contributed by atoms with Crippen LogP contribution in [0.15, 0.2) is 6.07 Å². The number of rotatable bonds is 1. The highest BCUT2D eigenvalue weighted by molar-refractivity contribution is 14.1. The number of hydrogen-bond donors (Lipinski definition) is 1. The van der Waals surface area contributed by atoms with Gasteiger partial charge in [-0.25, -0.2) is 13.8 Å². The van der Waals surface area contributed by atoms with Crippen molar-refractivity contribution in [3.8, 4) is 0 Å². The average Bonchev–Trinajstić information content (AvgIpc) is 1.96. The van der Waals surface area contributed by atoms with Gasteiger partial charge < -0.3 is 5.73 Å². The SMILES string of the molecule is Nc1nc(C(F)F)c(I)cc1I. The Bertz CT molecular complexity index is 304. The van der Waals surface area contributed by atoms with Crippen molar-refractivity contribution in [2.75, 3.05) is 5.73 Å². The summed E-state index contributed by atoms with van der Waals surface area (Å²) in [5.41, 5.74) is 5.13. The van der Waals surface area contributed by atoms with E-state index in [-0.39, 0.29) is 11.5 Å². The highest BCUT2D eigenvalue weighted by atomic mass is 127. The standard InChI is InChI=1S/C6H4F2I2N2/c7-5(8)4-2(9)1-3(10)6(11)12-4/h1,5H,(H2,11,12). The minimum atomic E-state index is -2.56. The number of pyridine rings is 1. The molecule has 0 aliphatic heterocycles. The van der Waals surface area contributed by atoms with E-state index < -0.39 is 6.43 Å². The lowest BCUT2D eigenvalue weighted by Gasteiger charge is -2.04. The number of anilines is 1. The second kappa shape index (κ2) is 3.99. The van der Waals surface area contributed by atoms with E-state index in [9.17, 15) is 8.78 Å². The topological polar surface area (TPSA) is 38.9 Å². The predicted octanol–water partition coefficient (Wildman–Crippen LogP) is 2.81. The van der Waals surface area contributed by atoms with Gasteiger partial charge in [0, 0.05) is 3.57 Å². The maximum atomic E-state index is 12.2. The minimum absolute atomic E-state index is 0.159. The van der Waals surface area contributed by atoms with E-state index in [1.54, 1.807) is 6.07 Å². The summed E-state index contributed by atoms with van der Waals surface area (Å²) < 4.78 is 25.6. The summed E-state index contributed by atoms with van der Waals surface area (Å²) in [6, 6.07) is 1.59. The maximum absolute atomic E-state index is 12.2. The molecule has 0 amide bonds. The summed E-state index contributed by atoms with van der Waals surface area (Å²) in [7, 11) is 0. The molecule has 0 aliphatic carbocycles. The molecule has 1 rings (SSSR count). The summed E-state index contributed by atoms with van der Waals surface area (Å²) in [4.78, 5) is 3.58. The van der Waals surface area contributed by atoms with E-state index in [2.05, 4.69) is 4.98 Å². The lowest BCUT2D eigenvalue weighted by Crippen LogP contribution is -2.01. The van der Waals surface area contributed by atoms with E-state index in [1.807, 2.05) is 45.2 Å². The quantitative estimate of drug-likeness (QED) is 0.743. The molecule has 0 radical (unpaired) electrons. The fraction of sp³-hybridized carbons (Fsp3) is 0.167. The van der Waals surface area contributed by atoms with Crippen LogP contribution in [0.5, 0.6) is 0 Å². The molecule has 0 saturated heterocycles. The van der Waals surface area contributed by atoms with Gasteiger partial charge in [-0.15, -0.1) is 0 Å². The van der Waals surface area contributed by atoms with Gasteiger partial charge in [-0.2, -0.15) is 0 Å². The lowest BCUT2D eigenvalue weighted by molar-refractivity contribution is 0.145. The van der Waals surface area contributed by atoms with E-state index in [1.165, 1.54) is 0 Å². The molecule has 0 spiro atoms. The van der Waals surface area contributed by atoms with Crippen molar-refractivity contribution in [2.24, 2.45) is 0 Å². The average molecular weight is 396 g/mol. The van der Waals surface area contributed by atoms with Gasteiger partial charge in [0.05, 0.1) is 3.57 Å². The van der Waals surface area contributed by atoms with Gasteiger partial charge in [0.25, 0.3) is 6.43 Å². The Morgan fingerprint density at radius 3 is 2.42 bits per heavy atom. The van der Waals surface area contributed by atoms with Crippen LogP contribution < -0.4 is 5.73 Å². The zero-order chi connectivity index (χ0) is 9.30. The smallest absolute Gasteiger partial charge is 0.281 e. The van der Waals surface area contributed by atoms with Gasteiger partial charge in [0.2, 0.25) is 0 Å². The third-order valence-corrected chi connectivity index (χ3v) is 2.92. The molecule has 66 valence electrons. The number of nitrogens with zero attached hydrogens (tertiary/aromatic N) is 1. The third-order valence-electron chi connectivity index (χ3n) is 1.19. The van der Waals surface area contributed by atoms with Crippen LogP contribution in [0.25, 0.3) is 0 Å². The Balaban J connectivity index is 3.23. The zero-order valence-electron chi connectivity index (χ0n) is 5.69. The van der Waals surface area contributed by atoms with Crippen LogP contribution >= 0.6 is 45.2 Å². The molecular formula is C6H4F2I2N2. The van der Waals surface area contributed by atoms with Gasteiger partial charge in [-0.05, 0) is 51.2 Å². The van der Waals surface area contributed by atoms with Crippen molar-refractivity contribution < 1.29 is 8.78 Å². The van der Waals surface area contributed by atoms with Crippen LogP contribution in [0.2, 0.25) is 0 Å². The van der Waals surface area contributed by atoms with Crippen molar-refractivity contribution in [3.05, 3.63) is 18.9 Å². The van der Waals surface area contributed by atoms with Crippen molar-refractivity contribution in [3.63, 3.8) is 0 Å². The summed E-state index contributed by atoms with van der Waals surface area (Å²) in [6.07, 6.45) is -2.56. The van der Waals surface area contributed by atoms with E-state index in [0.717, 1.165) is 0 Å². The van der Waals surface area contributed by atoms with Gasteiger partial charge in [0.15, 0.2) is 0 Å². The van der Waals surface area contributed by atoms with Crippen LogP contribution in [0, 0.1) is 7.14 Å². The van der Waals surface area contributed by atoms with E-state index >= 15 is 0 Å². The fourth-order valence-corrected chi connectivity index (χ4v) is 2.34. The molecule has 0 atom stereocenters. The van der Waals surface area contributed by atoms with Crippen LogP contribution in [0.4, 0.5) is 14.6 Å². The number of halogens is 4. The molecule has 0 bridgehead atoms. The van der Waals surface area contributed by atoms with Gasteiger partial charge >= 0.3 is 0 Å². The third kappa shape index (κ3) is 2.15. The molecule has 0 fully saturated rings. The molecule has 0 unspecified atom stereocenters. The number of nitrogens with two attached hydrogens (primary N) is 1. The molecule has 1 heterocycles. The molecule has 2 nitrogen and oxygen atoms in total. The zero-order valence-corrected chi connectivity index (χ0v) is 10.0. The largest absolute Gasteiger partial charge is 0.383 e. The van der Waals surface area contributed by atoms with Crippen molar-refractivity contribution in [2.45, 2.75) is 6.43 Å². The van der Waals surface area contributed by atoms with Crippen molar-refractivity contribution in [1.82, 2.24) is 4.98 Å². The number of hydrogen-bond acceptors (Lipinski definition) is 2. The molecule has 0 aromatic carbocycles. The Hall–Kier alpha value is 0.270. The molecule has 0 aliphatic rings.